The summed E-state index contributed by atoms with van der Waals surface area (Å²) in [7, 11) is 0. The molecular formula is C30H25F3N4OS. The van der Waals surface area contributed by atoms with E-state index in [2.05, 4.69) is 10.2 Å². The Balaban J connectivity index is 1.41. The number of aromatic nitrogens is 4. The summed E-state index contributed by atoms with van der Waals surface area (Å²) in [6.07, 6.45) is -2.44. The highest BCUT2D eigenvalue weighted by Crippen LogP contribution is 2.35. The highest BCUT2D eigenvalue weighted by Gasteiger charge is 2.30. The third-order valence-electron chi connectivity index (χ3n) is 6.78. The molecule has 0 amide bonds. The van der Waals surface area contributed by atoms with Crippen LogP contribution in [0.2, 0.25) is 0 Å². The van der Waals surface area contributed by atoms with Gasteiger partial charge in [-0.25, -0.2) is 4.98 Å². The minimum absolute atomic E-state index is 0.0225. The van der Waals surface area contributed by atoms with E-state index < -0.39 is 11.7 Å². The first-order valence-electron chi connectivity index (χ1n) is 12.7. The molecule has 5 nitrogen and oxygen atoms in total. The van der Waals surface area contributed by atoms with Crippen LogP contribution in [0.1, 0.15) is 24.0 Å². The van der Waals surface area contributed by atoms with Crippen LogP contribution >= 0.6 is 11.8 Å². The second-order valence-corrected chi connectivity index (χ2v) is 10.4. The largest absolute Gasteiger partial charge is 0.416 e. The van der Waals surface area contributed by atoms with Gasteiger partial charge < -0.3 is 4.74 Å². The predicted octanol–water partition coefficient (Wildman–Crippen LogP) is 7.65. The van der Waals surface area contributed by atoms with Crippen LogP contribution in [0.4, 0.5) is 13.2 Å². The molecule has 3 aromatic carbocycles. The van der Waals surface area contributed by atoms with Crippen molar-refractivity contribution in [2.24, 2.45) is 0 Å². The summed E-state index contributed by atoms with van der Waals surface area (Å²) in [6.45, 7) is 1.27. The first kappa shape index (κ1) is 25.6. The fourth-order valence-corrected chi connectivity index (χ4v) is 5.74. The third kappa shape index (κ3) is 5.55. The van der Waals surface area contributed by atoms with E-state index in [4.69, 9.17) is 9.72 Å². The summed E-state index contributed by atoms with van der Waals surface area (Å²) in [5.74, 6) is 1.02. The van der Waals surface area contributed by atoms with E-state index in [1.807, 2.05) is 65.2 Å². The van der Waals surface area contributed by atoms with Crippen molar-refractivity contribution in [3.05, 3.63) is 96.1 Å². The van der Waals surface area contributed by atoms with Crippen LogP contribution in [0.3, 0.4) is 0 Å². The number of ether oxygens (including phenoxy) is 1. The van der Waals surface area contributed by atoms with Gasteiger partial charge >= 0.3 is 6.18 Å². The van der Waals surface area contributed by atoms with E-state index in [-0.39, 0.29) is 6.10 Å². The van der Waals surface area contributed by atoms with E-state index in [9.17, 15) is 13.2 Å². The molecule has 0 aliphatic carbocycles. The summed E-state index contributed by atoms with van der Waals surface area (Å²) < 4.78 is 47.7. The fraction of sp³-hybridized carbons (Fsp3) is 0.233. The number of benzene rings is 3. The first-order chi connectivity index (χ1) is 19.0. The molecule has 0 radical (unpaired) electrons. The third-order valence-corrected chi connectivity index (χ3v) is 7.81. The van der Waals surface area contributed by atoms with Crippen LogP contribution in [0, 0.1) is 0 Å². The van der Waals surface area contributed by atoms with Gasteiger partial charge in [0.2, 0.25) is 0 Å². The number of hydrogen-bond acceptors (Lipinski definition) is 5. The molecule has 3 heterocycles. The highest BCUT2D eigenvalue weighted by molar-refractivity contribution is 7.98. The minimum atomic E-state index is -4.38. The Hall–Kier alpha value is -3.69. The zero-order valence-corrected chi connectivity index (χ0v) is 21.8. The molecule has 1 atom stereocenters. The van der Waals surface area contributed by atoms with Crippen LogP contribution in [0.25, 0.3) is 33.5 Å². The summed E-state index contributed by atoms with van der Waals surface area (Å²) in [4.78, 5) is 4.90. The molecule has 9 heteroatoms. The molecule has 2 aromatic heterocycles. The molecule has 0 saturated carbocycles. The molecule has 1 fully saturated rings. The van der Waals surface area contributed by atoms with Crippen molar-refractivity contribution >= 4 is 22.7 Å². The van der Waals surface area contributed by atoms with Crippen molar-refractivity contribution in [3.8, 4) is 22.6 Å². The van der Waals surface area contributed by atoms with E-state index in [1.165, 1.54) is 23.9 Å². The van der Waals surface area contributed by atoms with Gasteiger partial charge in [-0.05, 0) is 36.6 Å². The maximum absolute atomic E-state index is 13.2. The lowest BCUT2D eigenvalue weighted by atomic mass is 10.0. The van der Waals surface area contributed by atoms with Gasteiger partial charge in [-0.2, -0.15) is 13.2 Å². The molecule has 0 spiro atoms. The number of fused-ring (bicyclic) bond motifs is 1. The molecular weight excluding hydrogens is 521 g/mol. The van der Waals surface area contributed by atoms with Crippen LogP contribution < -0.4 is 0 Å². The predicted molar refractivity (Wildman–Crippen MR) is 146 cm³/mol. The van der Waals surface area contributed by atoms with Gasteiger partial charge in [-0.15, -0.1) is 10.2 Å². The smallest absolute Gasteiger partial charge is 0.376 e. The van der Waals surface area contributed by atoms with Crippen LogP contribution in [-0.4, -0.2) is 32.5 Å². The van der Waals surface area contributed by atoms with Crippen LogP contribution in [0.5, 0.6) is 0 Å². The van der Waals surface area contributed by atoms with Crippen molar-refractivity contribution in [1.29, 1.82) is 0 Å². The first-order valence-corrected chi connectivity index (χ1v) is 13.7. The average molecular weight is 547 g/mol. The van der Waals surface area contributed by atoms with Gasteiger partial charge in [0.1, 0.15) is 0 Å². The average Bonchev–Trinajstić information content (AvgIpc) is 3.62. The van der Waals surface area contributed by atoms with Crippen molar-refractivity contribution in [1.82, 2.24) is 19.7 Å². The Kier molecular flexibility index (Phi) is 7.10. The fourth-order valence-electron chi connectivity index (χ4n) is 4.85. The number of halogens is 3. The Bertz CT molecular complexity index is 1600. The van der Waals surface area contributed by atoms with Gasteiger partial charge in [-0.1, -0.05) is 78.5 Å². The Morgan fingerprint density at radius 3 is 2.54 bits per heavy atom. The molecule has 39 heavy (non-hydrogen) atoms. The monoisotopic (exact) mass is 546 g/mol. The molecule has 1 saturated heterocycles. The Labute approximate surface area is 228 Å². The second-order valence-electron chi connectivity index (χ2n) is 9.48. The number of pyridine rings is 1. The van der Waals surface area contributed by atoms with Crippen molar-refractivity contribution in [2.75, 3.05) is 6.61 Å². The molecule has 6 rings (SSSR count). The normalized spacial score (nSPS) is 15.7. The SMILES string of the molecule is FC(F)(F)c1cccc(CSc2nnc(-c3cc(-c4ccccc4)nc4ccccc34)n2CC2CCCO2)c1. The minimum Gasteiger partial charge on any atom is -0.376 e. The lowest BCUT2D eigenvalue weighted by Gasteiger charge is -2.16. The zero-order chi connectivity index (χ0) is 26.8. The van der Waals surface area contributed by atoms with E-state index in [0.717, 1.165) is 46.6 Å². The molecule has 0 N–H and O–H groups in total. The number of alkyl halides is 3. The molecule has 0 bridgehead atoms. The Morgan fingerprint density at radius 1 is 0.923 bits per heavy atom. The van der Waals surface area contributed by atoms with Gasteiger partial charge in [-0.3, -0.25) is 4.57 Å². The van der Waals surface area contributed by atoms with Gasteiger partial charge in [0.25, 0.3) is 0 Å². The summed E-state index contributed by atoms with van der Waals surface area (Å²) in [5, 5.41) is 10.7. The van der Waals surface area contributed by atoms with Crippen LogP contribution in [-0.2, 0) is 23.2 Å². The molecule has 1 aliphatic rings. The second kappa shape index (κ2) is 10.8. The molecule has 198 valence electrons. The summed E-state index contributed by atoms with van der Waals surface area (Å²) >= 11 is 1.38. The number of para-hydroxylation sites is 1. The molecule has 1 unspecified atom stereocenters. The molecule has 1 aliphatic heterocycles. The lowest BCUT2D eigenvalue weighted by molar-refractivity contribution is -0.137. The summed E-state index contributed by atoms with van der Waals surface area (Å²) in [5.41, 5.74) is 3.49. The number of rotatable bonds is 7. The summed E-state index contributed by atoms with van der Waals surface area (Å²) in [6, 6.07) is 25.4. The van der Waals surface area contributed by atoms with Crippen LogP contribution in [0.15, 0.2) is 90.1 Å². The molecule has 5 aromatic rings. The van der Waals surface area contributed by atoms with Gasteiger partial charge in [0.15, 0.2) is 11.0 Å². The standard InChI is InChI=1S/C30H25F3N4OS/c31-30(32,33)22-11-6-8-20(16-22)19-39-29-36-35-28(37(29)18-23-12-7-15-38-23)25-17-27(21-9-2-1-3-10-21)34-26-14-5-4-13-24(25)26/h1-6,8-11,13-14,16-17,23H,7,12,15,18-19H2. The van der Waals surface area contributed by atoms with Crippen molar-refractivity contribution in [3.63, 3.8) is 0 Å². The topological polar surface area (TPSA) is 52.8 Å². The van der Waals surface area contributed by atoms with E-state index in [0.29, 0.717) is 35.4 Å². The number of hydrogen-bond donors (Lipinski definition) is 0. The Morgan fingerprint density at radius 2 is 1.74 bits per heavy atom. The highest BCUT2D eigenvalue weighted by atomic mass is 32.2. The van der Waals surface area contributed by atoms with Gasteiger partial charge in [0.05, 0.1) is 29.4 Å². The van der Waals surface area contributed by atoms with E-state index in [1.54, 1.807) is 6.07 Å². The number of nitrogens with zero attached hydrogens (tertiary/aromatic N) is 4. The van der Waals surface area contributed by atoms with Crippen molar-refractivity contribution in [2.45, 2.75) is 42.6 Å². The van der Waals surface area contributed by atoms with Crippen molar-refractivity contribution < 1.29 is 17.9 Å². The zero-order valence-electron chi connectivity index (χ0n) is 20.9. The number of thioether (sulfide) groups is 1. The van der Waals surface area contributed by atoms with E-state index >= 15 is 0 Å². The van der Waals surface area contributed by atoms with Gasteiger partial charge in [0, 0.05) is 28.9 Å². The maximum atomic E-state index is 13.2. The maximum Gasteiger partial charge on any atom is 0.416 e. The lowest BCUT2D eigenvalue weighted by Crippen LogP contribution is -2.16. The quantitative estimate of drug-likeness (QED) is 0.196.